The first-order valence-corrected chi connectivity index (χ1v) is 9.76. The Morgan fingerprint density at radius 2 is 1.04 bits per heavy atom. The van der Waals surface area contributed by atoms with E-state index >= 15 is 0 Å². The predicted octanol–water partition coefficient (Wildman–Crippen LogP) is 0.556. The third kappa shape index (κ3) is 3.54. The molecule has 0 fully saturated rings. The zero-order chi connectivity index (χ0) is 18.1. The molecule has 128 valence electrons. The summed E-state index contributed by atoms with van der Waals surface area (Å²) in [5.41, 5.74) is 0. The second-order valence-electron chi connectivity index (χ2n) is 4.91. The Morgan fingerprint density at radius 1 is 0.708 bits per heavy atom. The molecule has 0 unspecified atom stereocenters. The van der Waals surface area contributed by atoms with Crippen LogP contribution in [0, 0.1) is 0 Å². The van der Waals surface area contributed by atoms with Gasteiger partial charge in [-0.2, -0.15) is 0 Å². The molecule has 0 aliphatic rings. The van der Waals surface area contributed by atoms with Crippen molar-refractivity contribution >= 4 is 42.4 Å². The van der Waals surface area contributed by atoms with Crippen LogP contribution in [0.3, 0.4) is 0 Å². The average molecular weight is 372 g/mol. The molecule has 0 spiro atoms. The summed E-state index contributed by atoms with van der Waals surface area (Å²) in [5, 5.41) is 17.5. The maximum atomic E-state index is 12.2. The van der Waals surface area contributed by atoms with E-state index in [9.17, 15) is 26.4 Å². The predicted molar refractivity (Wildman–Crippen MR) is 83.3 cm³/mol. The molecular weight excluding hydrogens is 360 g/mol. The van der Waals surface area contributed by atoms with Crippen LogP contribution in [0.1, 0.15) is 0 Å². The van der Waals surface area contributed by atoms with Crippen molar-refractivity contribution in [3.63, 3.8) is 0 Å². The van der Waals surface area contributed by atoms with Gasteiger partial charge in [0.15, 0.2) is 31.2 Å². The van der Waals surface area contributed by atoms with Crippen molar-refractivity contribution in [3.8, 4) is 0 Å². The molecule has 0 saturated carbocycles. The normalized spacial score (nSPS) is 12.2. The van der Waals surface area contributed by atoms with Crippen molar-refractivity contribution in [2.45, 2.75) is 9.79 Å². The molecule has 0 amide bonds. The third-order valence-corrected chi connectivity index (χ3v) is 6.45. The van der Waals surface area contributed by atoms with E-state index in [2.05, 4.69) is 0 Å². The number of hydrogen-bond donors (Lipinski definition) is 2. The zero-order valence-electron chi connectivity index (χ0n) is 12.0. The average Bonchev–Trinajstić information content (AvgIpc) is 2.43. The highest BCUT2D eigenvalue weighted by Gasteiger charge is 2.25. The molecule has 0 bridgehead atoms. The van der Waals surface area contributed by atoms with Gasteiger partial charge in [0.05, 0.1) is 9.79 Å². The van der Waals surface area contributed by atoms with Crippen LogP contribution in [-0.4, -0.2) is 50.5 Å². The number of fused-ring (bicyclic) bond motifs is 1. The molecule has 0 saturated heterocycles. The van der Waals surface area contributed by atoms with Gasteiger partial charge in [-0.1, -0.05) is 24.3 Å². The van der Waals surface area contributed by atoms with E-state index in [1.54, 1.807) is 0 Å². The summed E-state index contributed by atoms with van der Waals surface area (Å²) in [5.74, 6) is -5.36. The van der Waals surface area contributed by atoms with Crippen molar-refractivity contribution in [2.75, 3.05) is 11.5 Å². The van der Waals surface area contributed by atoms with E-state index in [0.717, 1.165) is 0 Å². The van der Waals surface area contributed by atoms with Crippen LogP contribution in [-0.2, 0) is 29.3 Å². The van der Waals surface area contributed by atoms with Crippen LogP contribution in [0.25, 0.3) is 10.8 Å². The first-order valence-electron chi connectivity index (χ1n) is 6.45. The van der Waals surface area contributed by atoms with E-state index in [1.165, 1.54) is 36.4 Å². The Morgan fingerprint density at radius 3 is 1.33 bits per heavy atom. The number of carbonyl (C=O) groups is 2. The van der Waals surface area contributed by atoms with Gasteiger partial charge in [0.25, 0.3) is 0 Å². The Kier molecular flexibility index (Phi) is 4.63. The number of carboxylic acids is 2. The number of hydrogen-bond acceptors (Lipinski definition) is 6. The largest absolute Gasteiger partial charge is 0.480 e. The molecular formula is C14H12O8S2. The highest BCUT2D eigenvalue weighted by atomic mass is 32.2. The Bertz CT molecular complexity index is 950. The minimum atomic E-state index is -4.18. The summed E-state index contributed by atoms with van der Waals surface area (Å²) in [6.07, 6.45) is 0. The van der Waals surface area contributed by atoms with Gasteiger partial charge >= 0.3 is 11.9 Å². The Labute approximate surface area is 137 Å². The standard InChI is InChI=1S/C14H12O8S2/c15-13(16)7-23(19,20)11-5-1-3-9-10(11)4-2-6-12(9)24(21,22)8-14(17)18/h1-6H,7-8H2,(H,15,16)(H,17,18). The fourth-order valence-electron chi connectivity index (χ4n) is 2.28. The Balaban J connectivity index is 2.77. The van der Waals surface area contributed by atoms with Crippen LogP contribution in [0.15, 0.2) is 46.2 Å². The summed E-state index contributed by atoms with van der Waals surface area (Å²) in [6, 6.07) is 7.57. The summed E-state index contributed by atoms with van der Waals surface area (Å²) >= 11 is 0. The molecule has 2 aromatic rings. The summed E-state index contributed by atoms with van der Waals surface area (Å²) < 4.78 is 48.7. The summed E-state index contributed by atoms with van der Waals surface area (Å²) in [4.78, 5) is 20.8. The molecule has 0 atom stereocenters. The molecule has 0 aliphatic heterocycles. The fourth-order valence-corrected chi connectivity index (χ4v) is 4.83. The second kappa shape index (κ2) is 6.21. The van der Waals surface area contributed by atoms with Crippen molar-refractivity contribution in [1.29, 1.82) is 0 Å². The molecule has 0 radical (unpaired) electrons. The van der Waals surface area contributed by atoms with Crippen LogP contribution in [0.2, 0.25) is 0 Å². The molecule has 8 nitrogen and oxygen atoms in total. The first-order chi connectivity index (χ1) is 11.0. The van der Waals surface area contributed by atoms with Gasteiger partial charge in [-0.3, -0.25) is 9.59 Å². The van der Waals surface area contributed by atoms with Gasteiger partial charge in [0.1, 0.15) is 0 Å². The lowest BCUT2D eigenvalue weighted by molar-refractivity contribution is -0.135. The Hall–Kier alpha value is -2.46. The fraction of sp³-hybridized carbons (Fsp3) is 0.143. The smallest absolute Gasteiger partial charge is 0.319 e. The first kappa shape index (κ1) is 17.9. The van der Waals surface area contributed by atoms with Crippen LogP contribution < -0.4 is 0 Å². The lowest BCUT2D eigenvalue weighted by atomic mass is 10.1. The molecule has 24 heavy (non-hydrogen) atoms. The highest BCUT2D eigenvalue weighted by Crippen LogP contribution is 2.29. The van der Waals surface area contributed by atoms with Crippen LogP contribution in [0.4, 0.5) is 0 Å². The highest BCUT2D eigenvalue weighted by molar-refractivity contribution is 7.92. The van der Waals surface area contributed by atoms with Gasteiger partial charge in [0, 0.05) is 10.8 Å². The lowest BCUT2D eigenvalue weighted by Crippen LogP contribution is -2.17. The maximum Gasteiger partial charge on any atom is 0.319 e. The van der Waals surface area contributed by atoms with Crippen LogP contribution >= 0.6 is 0 Å². The topological polar surface area (TPSA) is 143 Å². The minimum absolute atomic E-state index is 0.0187. The third-order valence-electron chi connectivity index (χ3n) is 3.14. The maximum absolute atomic E-state index is 12.2. The van der Waals surface area contributed by atoms with Crippen molar-refractivity contribution in [1.82, 2.24) is 0 Å². The molecule has 2 aromatic carbocycles. The second-order valence-corrected chi connectivity index (χ2v) is 8.83. The zero-order valence-corrected chi connectivity index (χ0v) is 13.7. The molecule has 10 heteroatoms. The molecule has 0 aliphatic carbocycles. The van der Waals surface area contributed by atoms with E-state index < -0.39 is 43.1 Å². The van der Waals surface area contributed by atoms with Crippen molar-refractivity contribution in [3.05, 3.63) is 36.4 Å². The lowest BCUT2D eigenvalue weighted by Gasteiger charge is -2.10. The van der Waals surface area contributed by atoms with Gasteiger partial charge in [-0.15, -0.1) is 0 Å². The molecule has 0 heterocycles. The van der Waals surface area contributed by atoms with Gasteiger partial charge in [-0.05, 0) is 12.1 Å². The quantitative estimate of drug-likeness (QED) is 0.748. The van der Waals surface area contributed by atoms with E-state index in [0.29, 0.717) is 0 Å². The number of rotatable bonds is 6. The van der Waals surface area contributed by atoms with E-state index in [4.69, 9.17) is 10.2 Å². The van der Waals surface area contributed by atoms with Gasteiger partial charge in [0.2, 0.25) is 0 Å². The summed E-state index contributed by atoms with van der Waals surface area (Å²) in [6.45, 7) is 0. The van der Waals surface area contributed by atoms with Crippen molar-refractivity contribution < 1.29 is 36.6 Å². The van der Waals surface area contributed by atoms with Gasteiger partial charge < -0.3 is 10.2 Å². The van der Waals surface area contributed by atoms with E-state index in [-0.39, 0.29) is 20.6 Å². The number of carboxylic acid groups (broad SMARTS) is 2. The van der Waals surface area contributed by atoms with Crippen molar-refractivity contribution in [2.24, 2.45) is 0 Å². The van der Waals surface area contributed by atoms with Crippen LogP contribution in [0.5, 0.6) is 0 Å². The monoisotopic (exact) mass is 372 g/mol. The summed E-state index contributed by atoms with van der Waals surface area (Å²) in [7, 11) is -8.36. The van der Waals surface area contributed by atoms with Gasteiger partial charge in [-0.25, -0.2) is 16.8 Å². The number of sulfone groups is 2. The number of aliphatic carboxylic acids is 2. The molecule has 2 rings (SSSR count). The molecule has 0 aromatic heterocycles. The minimum Gasteiger partial charge on any atom is -0.480 e. The number of benzene rings is 2. The van der Waals surface area contributed by atoms with E-state index in [1.807, 2.05) is 0 Å². The molecule has 2 N–H and O–H groups in total. The SMILES string of the molecule is O=C(O)CS(=O)(=O)c1cccc2c(S(=O)(=O)CC(=O)O)cccc12.